The van der Waals surface area contributed by atoms with Crippen LogP contribution in [0, 0.1) is 12.7 Å². The molecule has 1 aliphatic carbocycles. The summed E-state index contributed by atoms with van der Waals surface area (Å²) < 4.78 is 24.5. The molecule has 0 saturated heterocycles. The fraction of sp³-hybridized carbons (Fsp3) is 0.533. The number of ether oxygens (including phenoxy) is 2. The predicted molar refractivity (Wildman–Crippen MR) is 73.0 cm³/mol. The van der Waals surface area contributed by atoms with Gasteiger partial charge in [-0.05, 0) is 38.3 Å². The largest absolute Gasteiger partial charge is 0.487 e. The van der Waals surface area contributed by atoms with Crippen LogP contribution in [0.3, 0.4) is 0 Å². The molecule has 0 amide bonds. The van der Waals surface area contributed by atoms with Crippen molar-refractivity contribution in [2.45, 2.75) is 44.8 Å². The number of hydrogen-bond donors (Lipinski definition) is 1. The highest BCUT2D eigenvalue weighted by molar-refractivity contribution is 5.81. The molecule has 0 radical (unpaired) electrons. The van der Waals surface area contributed by atoms with E-state index in [2.05, 4.69) is 0 Å². The molecule has 1 saturated carbocycles. The average molecular weight is 281 g/mol. The fourth-order valence-corrected chi connectivity index (χ4v) is 2.48. The number of rotatable bonds is 4. The molecule has 0 spiro atoms. The van der Waals surface area contributed by atoms with E-state index in [0.29, 0.717) is 31.4 Å². The van der Waals surface area contributed by atoms with Gasteiger partial charge in [0.1, 0.15) is 11.6 Å². The zero-order chi connectivity index (χ0) is 14.8. The van der Waals surface area contributed by atoms with Gasteiger partial charge in [-0.25, -0.2) is 4.39 Å². The number of carbonyl (C=O) groups is 1. The zero-order valence-corrected chi connectivity index (χ0v) is 11.8. The lowest BCUT2D eigenvalue weighted by Crippen LogP contribution is -2.47. The van der Waals surface area contributed by atoms with E-state index in [-0.39, 0.29) is 17.7 Å². The van der Waals surface area contributed by atoms with E-state index in [1.807, 2.05) is 0 Å². The van der Waals surface area contributed by atoms with Crippen LogP contribution in [-0.4, -0.2) is 24.2 Å². The van der Waals surface area contributed by atoms with E-state index in [9.17, 15) is 9.18 Å². The third kappa shape index (κ3) is 2.93. The summed E-state index contributed by atoms with van der Waals surface area (Å²) in [6, 6.07) is 5.01. The lowest BCUT2D eigenvalue weighted by Gasteiger charge is -2.21. The maximum atomic E-state index is 13.9. The molecule has 2 atom stereocenters. The van der Waals surface area contributed by atoms with Gasteiger partial charge in [-0.15, -0.1) is 0 Å². The Morgan fingerprint density at radius 2 is 2.30 bits per heavy atom. The first kappa shape index (κ1) is 14.8. The van der Waals surface area contributed by atoms with E-state index in [4.69, 9.17) is 15.2 Å². The Kier molecular flexibility index (Phi) is 4.28. The minimum atomic E-state index is -1.01. The summed E-state index contributed by atoms with van der Waals surface area (Å²) in [5.41, 5.74) is 5.57. The molecular formula is C15H20FNO3. The molecule has 4 nitrogen and oxygen atoms in total. The van der Waals surface area contributed by atoms with Crippen molar-refractivity contribution in [3.05, 3.63) is 29.6 Å². The van der Waals surface area contributed by atoms with Crippen molar-refractivity contribution in [1.82, 2.24) is 0 Å². The first-order valence-corrected chi connectivity index (χ1v) is 6.84. The van der Waals surface area contributed by atoms with E-state index in [1.165, 1.54) is 0 Å². The van der Waals surface area contributed by atoms with Crippen LogP contribution in [0.4, 0.5) is 4.39 Å². The van der Waals surface area contributed by atoms with Crippen LogP contribution < -0.4 is 10.5 Å². The molecule has 110 valence electrons. The van der Waals surface area contributed by atoms with Crippen LogP contribution in [0.15, 0.2) is 18.2 Å². The van der Waals surface area contributed by atoms with Crippen molar-refractivity contribution in [1.29, 1.82) is 0 Å². The van der Waals surface area contributed by atoms with Crippen molar-refractivity contribution in [2.24, 2.45) is 5.73 Å². The molecule has 2 N–H and O–H groups in total. The average Bonchev–Trinajstić information content (AvgIpc) is 2.78. The molecule has 2 rings (SSSR count). The first-order chi connectivity index (χ1) is 9.46. The van der Waals surface area contributed by atoms with Crippen LogP contribution in [0.25, 0.3) is 0 Å². The van der Waals surface area contributed by atoms with Crippen LogP contribution >= 0.6 is 0 Å². The lowest BCUT2D eigenvalue weighted by molar-refractivity contribution is -0.149. The number of halogens is 1. The van der Waals surface area contributed by atoms with Gasteiger partial charge in [0, 0.05) is 6.42 Å². The summed E-state index contributed by atoms with van der Waals surface area (Å²) in [5, 5.41) is 0. The summed E-state index contributed by atoms with van der Waals surface area (Å²) >= 11 is 0. The summed E-state index contributed by atoms with van der Waals surface area (Å²) in [4.78, 5) is 11.8. The molecule has 0 bridgehead atoms. The number of nitrogens with two attached hydrogens (primary N) is 1. The van der Waals surface area contributed by atoms with Gasteiger partial charge in [0.25, 0.3) is 0 Å². The van der Waals surface area contributed by atoms with Gasteiger partial charge < -0.3 is 15.2 Å². The highest BCUT2D eigenvalue weighted by atomic mass is 19.1. The molecule has 1 aromatic carbocycles. The number of esters is 1. The van der Waals surface area contributed by atoms with Gasteiger partial charge in [0.2, 0.25) is 0 Å². The van der Waals surface area contributed by atoms with Crippen LogP contribution in [-0.2, 0) is 9.53 Å². The highest BCUT2D eigenvalue weighted by Gasteiger charge is 2.44. The number of aryl methyl sites for hydroxylation is 1. The second-order valence-electron chi connectivity index (χ2n) is 5.25. The Hall–Kier alpha value is -1.62. The highest BCUT2D eigenvalue weighted by Crippen LogP contribution is 2.33. The molecule has 0 heterocycles. The third-order valence-corrected chi connectivity index (χ3v) is 3.64. The van der Waals surface area contributed by atoms with E-state index in [1.54, 1.807) is 32.0 Å². The molecule has 1 aromatic rings. The van der Waals surface area contributed by atoms with Gasteiger partial charge in [0.05, 0.1) is 6.61 Å². The molecule has 2 unspecified atom stereocenters. The zero-order valence-electron chi connectivity index (χ0n) is 11.8. The van der Waals surface area contributed by atoms with Gasteiger partial charge in [-0.3, -0.25) is 4.79 Å². The maximum Gasteiger partial charge on any atom is 0.326 e. The molecular weight excluding hydrogens is 261 g/mol. The van der Waals surface area contributed by atoms with Crippen LogP contribution in [0.1, 0.15) is 31.7 Å². The molecule has 20 heavy (non-hydrogen) atoms. The minimum absolute atomic E-state index is 0.211. The van der Waals surface area contributed by atoms with E-state index in [0.717, 1.165) is 0 Å². The topological polar surface area (TPSA) is 61.5 Å². The smallest absolute Gasteiger partial charge is 0.326 e. The Bertz CT molecular complexity index is 506. The summed E-state index contributed by atoms with van der Waals surface area (Å²) in [7, 11) is 0. The lowest BCUT2D eigenvalue weighted by atomic mass is 9.99. The Morgan fingerprint density at radius 3 is 3.00 bits per heavy atom. The van der Waals surface area contributed by atoms with Crippen molar-refractivity contribution < 1.29 is 18.7 Å². The number of benzene rings is 1. The van der Waals surface area contributed by atoms with Crippen molar-refractivity contribution in [3.8, 4) is 5.75 Å². The molecule has 1 fully saturated rings. The van der Waals surface area contributed by atoms with Crippen molar-refractivity contribution in [2.75, 3.05) is 6.61 Å². The fourth-order valence-electron chi connectivity index (χ4n) is 2.48. The monoisotopic (exact) mass is 281 g/mol. The predicted octanol–water partition coefficient (Wildman–Crippen LogP) is 2.33. The second kappa shape index (κ2) is 5.79. The quantitative estimate of drug-likeness (QED) is 0.860. The van der Waals surface area contributed by atoms with Gasteiger partial charge in [-0.2, -0.15) is 0 Å². The Morgan fingerprint density at radius 1 is 1.55 bits per heavy atom. The van der Waals surface area contributed by atoms with E-state index >= 15 is 0 Å². The SMILES string of the molecule is CCOC(=O)C1(N)CCC(Oc2cccc(C)c2F)C1. The Balaban J connectivity index is 2.03. The van der Waals surface area contributed by atoms with Crippen molar-refractivity contribution >= 4 is 5.97 Å². The summed E-state index contributed by atoms with van der Waals surface area (Å²) in [6.07, 6.45) is 1.19. The molecule has 0 aliphatic heterocycles. The molecule has 5 heteroatoms. The van der Waals surface area contributed by atoms with Crippen LogP contribution in [0.5, 0.6) is 5.75 Å². The number of hydrogen-bond acceptors (Lipinski definition) is 4. The van der Waals surface area contributed by atoms with Gasteiger partial charge in [-0.1, -0.05) is 12.1 Å². The number of carbonyl (C=O) groups excluding carboxylic acids is 1. The normalized spacial score (nSPS) is 25.5. The van der Waals surface area contributed by atoms with Crippen LogP contribution in [0.2, 0.25) is 0 Å². The van der Waals surface area contributed by atoms with Crippen molar-refractivity contribution in [3.63, 3.8) is 0 Å². The third-order valence-electron chi connectivity index (χ3n) is 3.64. The minimum Gasteiger partial charge on any atom is -0.487 e. The Labute approximate surface area is 118 Å². The standard InChI is InChI=1S/C15H20FNO3/c1-3-19-14(18)15(17)8-7-11(9-15)20-12-6-4-5-10(2)13(12)16/h4-6,11H,3,7-9,17H2,1-2H3. The molecule has 1 aliphatic rings. The van der Waals surface area contributed by atoms with Gasteiger partial charge in [0.15, 0.2) is 11.6 Å². The maximum absolute atomic E-state index is 13.9. The second-order valence-corrected chi connectivity index (χ2v) is 5.25. The summed E-state index contributed by atoms with van der Waals surface area (Å²) in [6.45, 7) is 3.73. The van der Waals surface area contributed by atoms with E-state index < -0.39 is 11.5 Å². The first-order valence-electron chi connectivity index (χ1n) is 6.84. The summed E-state index contributed by atoms with van der Waals surface area (Å²) in [5.74, 6) is -0.558. The van der Waals surface area contributed by atoms with Gasteiger partial charge >= 0.3 is 5.97 Å². The molecule has 0 aromatic heterocycles.